The first kappa shape index (κ1) is 15.7. The molecule has 0 bridgehead atoms. The number of benzene rings is 1. The summed E-state index contributed by atoms with van der Waals surface area (Å²) in [7, 11) is 0. The number of rotatable bonds is 3. The standard InChI is InChI=1S/C21H32N2/c1-17-7-5-8-18(15-17)16-23-14-13-22-12-6-11-20(22)21(23)19-9-3-2-4-10-19/h5,7-8,15,19-21H,2-4,6,9-14,16H2,1H3/t20-,21+/m0/s1. The second-order valence-electron chi connectivity index (χ2n) is 8.09. The zero-order valence-electron chi connectivity index (χ0n) is 14.7. The molecule has 23 heavy (non-hydrogen) atoms. The van der Waals surface area contributed by atoms with Crippen molar-refractivity contribution in [2.75, 3.05) is 19.6 Å². The van der Waals surface area contributed by atoms with Crippen LogP contribution in [0.1, 0.15) is 56.1 Å². The van der Waals surface area contributed by atoms with Crippen molar-refractivity contribution in [3.8, 4) is 0 Å². The second kappa shape index (κ2) is 6.94. The van der Waals surface area contributed by atoms with Crippen LogP contribution in [0.2, 0.25) is 0 Å². The Morgan fingerprint density at radius 3 is 2.65 bits per heavy atom. The average Bonchev–Trinajstić information content (AvgIpc) is 3.04. The molecule has 0 unspecified atom stereocenters. The van der Waals surface area contributed by atoms with Crippen molar-refractivity contribution in [2.45, 2.75) is 70.5 Å². The van der Waals surface area contributed by atoms with Gasteiger partial charge in [-0.1, -0.05) is 49.1 Å². The van der Waals surface area contributed by atoms with Crippen molar-refractivity contribution in [1.29, 1.82) is 0 Å². The first-order chi connectivity index (χ1) is 11.3. The summed E-state index contributed by atoms with van der Waals surface area (Å²) in [6.07, 6.45) is 10.2. The number of fused-ring (bicyclic) bond motifs is 1. The van der Waals surface area contributed by atoms with E-state index in [-0.39, 0.29) is 0 Å². The fourth-order valence-electron chi connectivity index (χ4n) is 5.48. The van der Waals surface area contributed by atoms with Crippen molar-refractivity contribution in [2.24, 2.45) is 5.92 Å². The van der Waals surface area contributed by atoms with E-state index in [0.29, 0.717) is 0 Å². The lowest BCUT2D eigenvalue weighted by atomic mass is 9.78. The summed E-state index contributed by atoms with van der Waals surface area (Å²) in [5, 5.41) is 0. The van der Waals surface area contributed by atoms with E-state index in [4.69, 9.17) is 0 Å². The van der Waals surface area contributed by atoms with E-state index in [1.54, 1.807) is 0 Å². The van der Waals surface area contributed by atoms with E-state index in [0.717, 1.165) is 24.5 Å². The monoisotopic (exact) mass is 312 g/mol. The van der Waals surface area contributed by atoms with Gasteiger partial charge in [-0.15, -0.1) is 0 Å². The average molecular weight is 313 g/mol. The number of aryl methyl sites for hydroxylation is 1. The molecular formula is C21H32N2. The third kappa shape index (κ3) is 3.34. The summed E-state index contributed by atoms with van der Waals surface area (Å²) in [5.74, 6) is 0.944. The highest BCUT2D eigenvalue weighted by atomic mass is 15.3. The fourth-order valence-corrected chi connectivity index (χ4v) is 5.48. The van der Waals surface area contributed by atoms with Gasteiger partial charge < -0.3 is 0 Å². The lowest BCUT2D eigenvalue weighted by Crippen LogP contribution is -2.59. The van der Waals surface area contributed by atoms with Gasteiger partial charge in [-0.05, 0) is 50.6 Å². The van der Waals surface area contributed by atoms with Crippen LogP contribution in [-0.2, 0) is 6.54 Å². The molecule has 0 N–H and O–H groups in total. The topological polar surface area (TPSA) is 6.48 Å². The Labute approximate surface area is 141 Å². The van der Waals surface area contributed by atoms with Gasteiger partial charge in [0.05, 0.1) is 0 Å². The lowest BCUT2D eigenvalue weighted by Gasteiger charge is -2.49. The molecule has 2 heteroatoms. The van der Waals surface area contributed by atoms with Gasteiger partial charge >= 0.3 is 0 Å². The molecule has 0 amide bonds. The number of piperazine rings is 1. The molecule has 2 saturated heterocycles. The van der Waals surface area contributed by atoms with Crippen LogP contribution in [0.25, 0.3) is 0 Å². The third-order valence-electron chi connectivity index (χ3n) is 6.51. The van der Waals surface area contributed by atoms with E-state index in [9.17, 15) is 0 Å². The molecule has 0 spiro atoms. The first-order valence-electron chi connectivity index (χ1n) is 9.85. The maximum atomic E-state index is 2.86. The van der Waals surface area contributed by atoms with Crippen molar-refractivity contribution < 1.29 is 0 Å². The number of hydrogen-bond acceptors (Lipinski definition) is 2. The quantitative estimate of drug-likeness (QED) is 0.824. The Bertz CT molecular complexity index is 520. The van der Waals surface area contributed by atoms with Crippen molar-refractivity contribution in [1.82, 2.24) is 9.80 Å². The minimum atomic E-state index is 0.812. The van der Waals surface area contributed by atoms with Crippen LogP contribution in [-0.4, -0.2) is 41.5 Å². The maximum Gasteiger partial charge on any atom is 0.0283 e. The van der Waals surface area contributed by atoms with Gasteiger partial charge in [0.1, 0.15) is 0 Å². The van der Waals surface area contributed by atoms with Crippen LogP contribution in [0.4, 0.5) is 0 Å². The van der Waals surface area contributed by atoms with Gasteiger partial charge in [0.2, 0.25) is 0 Å². The fraction of sp³-hybridized carbons (Fsp3) is 0.714. The Kier molecular flexibility index (Phi) is 4.73. The van der Waals surface area contributed by atoms with Crippen LogP contribution in [0.3, 0.4) is 0 Å². The normalized spacial score (nSPS) is 30.5. The molecule has 1 aliphatic carbocycles. The van der Waals surface area contributed by atoms with Crippen LogP contribution in [0.15, 0.2) is 24.3 Å². The van der Waals surface area contributed by atoms with Crippen molar-refractivity contribution in [3.63, 3.8) is 0 Å². The molecule has 0 radical (unpaired) electrons. The van der Waals surface area contributed by atoms with E-state index in [1.165, 1.54) is 75.7 Å². The van der Waals surface area contributed by atoms with Gasteiger partial charge in [0.25, 0.3) is 0 Å². The molecule has 2 aliphatic heterocycles. The van der Waals surface area contributed by atoms with E-state index in [2.05, 4.69) is 41.0 Å². The zero-order valence-corrected chi connectivity index (χ0v) is 14.7. The minimum Gasteiger partial charge on any atom is -0.298 e. The van der Waals surface area contributed by atoms with Crippen molar-refractivity contribution in [3.05, 3.63) is 35.4 Å². The minimum absolute atomic E-state index is 0.812. The molecular weight excluding hydrogens is 280 g/mol. The molecule has 2 heterocycles. The highest BCUT2D eigenvalue weighted by Crippen LogP contribution is 2.38. The summed E-state index contributed by atoms with van der Waals surface area (Å²) in [5.41, 5.74) is 2.91. The predicted molar refractivity (Wildman–Crippen MR) is 96.5 cm³/mol. The van der Waals surface area contributed by atoms with Gasteiger partial charge in [0.15, 0.2) is 0 Å². The first-order valence-corrected chi connectivity index (χ1v) is 9.85. The van der Waals surface area contributed by atoms with Gasteiger partial charge in [0, 0.05) is 31.7 Å². The Morgan fingerprint density at radius 2 is 1.83 bits per heavy atom. The van der Waals surface area contributed by atoms with Crippen LogP contribution in [0, 0.1) is 12.8 Å². The Morgan fingerprint density at radius 1 is 0.957 bits per heavy atom. The molecule has 1 aromatic rings. The van der Waals surface area contributed by atoms with Gasteiger partial charge in [-0.25, -0.2) is 0 Å². The predicted octanol–water partition coefficient (Wildman–Crippen LogP) is 4.22. The number of hydrogen-bond donors (Lipinski definition) is 0. The Balaban J connectivity index is 1.55. The zero-order chi connectivity index (χ0) is 15.6. The second-order valence-corrected chi connectivity index (χ2v) is 8.09. The molecule has 3 aliphatic rings. The molecule has 1 saturated carbocycles. The third-order valence-corrected chi connectivity index (χ3v) is 6.51. The summed E-state index contributed by atoms with van der Waals surface area (Å²) in [6, 6.07) is 10.8. The molecule has 2 atom stereocenters. The summed E-state index contributed by atoms with van der Waals surface area (Å²) in [6.45, 7) is 7.29. The smallest absolute Gasteiger partial charge is 0.0283 e. The highest BCUT2D eigenvalue weighted by Gasteiger charge is 2.42. The SMILES string of the molecule is Cc1cccc(CN2CCN3CCC[C@H]3[C@H]2C2CCCCC2)c1. The molecule has 2 nitrogen and oxygen atoms in total. The molecule has 3 fully saturated rings. The molecule has 0 aromatic heterocycles. The van der Waals surface area contributed by atoms with E-state index in [1.807, 2.05) is 0 Å². The molecule has 4 rings (SSSR count). The largest absolute Gasteiger partial charge is 0.298 e. The van der Waals surface area contributed by atoms with Crippen LogP contribution in [0.5, 0.6) is 0 Å². The van der Waals surface area contributed by atoms with Crippen LogP contribution < -0.4 is 0 Å². The van der Waals surface area contributed by atoms with Gasteiger partial charge in [-0.3, -0.25) is 9.80 Å². The maximum absolute atomic E-state index is 2.86. The molecule has 1 aromatic carbocycles. The van der Waals surface area contributed by atoms with Gasteiger partial charge in [-0.2, -0.15) is 0 Å². The lowest BCUT2D eigenvalue weighted by molar-refractivity contribution is -0.00380. The van der Waals surface area contributed by atoms with E-state index >= 15 is 0 Å². The highest BCUT2D eigenvalue weighted by molar-refractivity contribution is 5.22. The summed E-state index contributed by atoms with van der Waals surface area (Å²) < 4.78 is 0. The summed E-state index contributed by atoms with van der Waals surface area (Å²) >= 11 is 0. The molecule has 126 valence electrons. The summed E-state index contributed by atoms with van der Waals surface area (Å²) in [4.78, 5) is 5.67. The van der Waals surface area contributed by atoms with Crippen molar-refractivity contribution >= 4 is 0 Å². The van der Waals surface area contributed by atoms with E-state index < -0.39 is 0 Å². The Hall–Kier alpha value is -0.860. The van der Waals surface area contributed by atoms with Crippen LogP contribution >= 0.6 is 0 Å². The number of nitrogens with zero attached hydrogens (tertiary/aromatic N) is 2.